The molecule has 2 aromatic rings. The number of aromatic nitrogens is 1. The van der Waals surface area contributed by atoms with Gasteiger partial charge < -0.3 is 5.32 Å². The highest BCUT2D eigenvalue weighted by Crippen LogP contribution is 2.26. The molecule has 0 unspecified atom stereocenters. The fourth-order valence-electron chi connectivity index (χ4n) is 1.36. The maximum Gasteiger partial charge on any atom is 0.133 e. The second kappa shape index (κ2) is 5.34. The first kappa shape index (κ1) is 12.8. The maximum atomic E-state index is 13.1. The molecule has 1 N–H and O–H groups in total. The van der Waals surface area contributed by atoms with E-state index in [9.17, 15) is 4.39 Å². The van der Waals surface area contributed by atoms with Crippen molar-refractivity contribution >= 4 is 39.0 Å². The minimum atomic E-state index is -0.372. The molecule has 0 saturated carbocycles. The summed E-state index contributed by atoms with van der Waals surface area (Å²) in [7, 11) is 0. The number of benzene rings is 1. The Labute approximate surface area is 116 Å². The average Bonchev–Trinajstić information content (AvgIpc) is 2.33. The van der Waals surface area contributed by atoms with Crippen LogP contribution in [0.2, 0.25) is 5.15 Å². The van der Waals surface area contributed by atoms with Gasteiger partial charge in [-0.15, -0.1) is 0 Å². The molecule has 0 fully saturated rings. The van der Waals surface area contributed by atoms with Crippen molar-refractivity contribution in [3.8, 4) is 6.07 Å². The van der Waals surface area contributed by atoms with Gasteiger partial charge in [0.05, 0.1) is 17.3 Å². The number of rotatable bonds is 2. The van der Waals surface area contributed by atoms with Gasteiger partial charge >= 0.3 is 0 Å². The highest BCUT2D eigenvalue weighted by atomic mass is 79.9. The highest BCUT2D eigenvalue weighted by Gasteiger charge is 2.05. The van der Waals surface area contributed by atoms with Gasteiger partial charge in [-0.05, 0) is 46.3 Å². The number of nitriles is 1. The van der Waals surface area contributed by atoms with E-state index in [0.717, 1.165) is 0 Å². The third-order valence-corrected chi connectivity index (χ3v) is 3.00. The molecule has 1 aromatic heterocycles. The summed E-state index contributed by atoms with van der Waals surface area (Å²) in [5.41, 5.74) is 0.888. The lowest BCUT2D eigenvalue weighted by Gasteiger charge is -2.08. The van der Waals surface area contributed by atoms with E-state index in [-0.39, 0.29) is 11.0 Å². The second-order valence-corrected chi connectivity index (χ2v) is 4.67. The Bertz CT molecular complexity index is 640. The van der Waals surface area contributed by atoms with Crippen LogP contribution in [0.1, 0.15) is 5.56 Å². The van der Waals surface area contributed by atoms with E-state index in [1.165, 1.54) is 24.3 Å². The molecule has 6 heteroatoms. The number of hydrogen-bond acceptors (Lipinski definition) is 3. The minimum Gasteiger partial charge on any atom is -0.339 e. The number of anilines is 2. The number of halogens is 3. The molecule has 90 valence electrons. The molecular weight excluding hydrogens is 321 g/mol. The molecule has 18 heavy (non-hydrogen) atoms. The molecule has 0 saturated heterocycles. The monoisotopic (exact) mass is 325 g/mol. The first-order chi connectivity index (χ1) is 8.58. The largest absolute Gasteiger partial charge is 0.339 e. The third-order valence-electron chi connectivity index (χ3n) is 2.11. The summed E-state index contributed by atoms with van der Waals surface area (Å²) in [4.78, 5) is 4.01. The average molecular weight is 327 g/mol. The summed E-state index contributed by atoms with van der Waals surface area (Å²) >= 11 is 9.07. The zero-order valence-corrected chi connectivity index (χ0v) is 11.3. The van der Waals surface area contributed by atoms with Gasteiger partial charge in [-0.25, -0.2) is 9.37 Å². The van der Waals surface area contributed by atoms with Crippen molar-refractivity contribution in [1.29, 1.82) is 5.26 Å². The smallest absolute Gasteiger partial charge is 0.133 e. The van der Waals surface area contributed by atoms with Crippen LogP contribution in [-0.4, -0.2) is 4.98 Å². The minimum absolute atomic E-state index is 0.198. The Balaban J connectivity index is 2.37. The molecule has 3 nitrogen and oxygen atoms in total. The Morgan fingerprint density at radius 2 is 2.11 bits per heavy atom. The van der Waals surface area contributed by atoms with E-state index in [0.29, 0.717) is 21.5 Å². The Morgan fingerprint density at radius 1 is 1.33 bits per heavy atom. The van der Waals surface area contributed by atoms with E-state index in [2.05, 4.69) is 26.2 Å². The van der Waals surface area contributed by atoms with Gasteiger partial charge in [0, 0.05) is 4.47 Å². The number of nitrogens with zero attached hydrogens (tertiary/aromatic N) is 2. The first-order valence-corrected chi connectivity index (χ1v) is 6.05. The summed E-state index contributed by atoms with van der Waals surface area (Å²) in [6.45, 7) is 0. The predicted octanol–water partition coefficient (Wildman–Crippen LogP) is 4.25. The molecule has 0 amide bonds. The summed E-state index contributed by atoms with van der Waals surface area (Å²) in [6.07, 6.45) is 0. The Kier molecular flexibility index (Phi) is 3.80. The van der Waals surface area contributed by atoms with Gasteiger partial charge in [0.25, 0.3) is 0 Å². The van der Waals surface area contributed by atoms with Gasteiger partial charge in [-0.1, -0.05) is 11.6 Å². The zero-order chi connectivity index (χ0) is 13.1. The first-order valence-electron chi connectivity index (χ1n) is 4.88. The van der Waals surface area contributed by atoms with E-state index in [1.807, 2.05) is 6.07 Å². The normalized spacial score (nSPS) is 9.89. The van der Waals surface area contributed by atoms with E-state index >= 15 is 0 Å². The standard InChI is InChI=1S/C12H6BrClFN3/c13-9-2-1-8(15)5-10(9)17-12-4-7(6-16)3-11(14)18-12/h1-5H,(H,17,18). The molecule has 0 radical (unpaired) electrons. The van der Waals surface area contributed by atoms with Crippen molar-refractivity contribution in [1.82, 2.24) is 4.98 Å². The van der Waals surface area contributed by atoms with Crippen LogP contribution in [0.4, 0.5) is 15.9 Å². The van der Waals surface area contributed by atoms with Gasteiger partial charge in [0.15, 0.2) is 0 Å². The summed E-state index contributed by atoms with van der Waals surface area (Å²) < 4.78 is 13.8. The molecule has 1 aromatic carbocycles. The topological polar surface area (TPSA) is 48.7 Å². The number of pyridine rings is 1. The molecule has 0 aliphatic heterocycles. The van der Waals surface area contributed by atoms with Gasteiger partial charge in [-0.2, -0.15) is 5.26 Å². The number of hydrogen-bond donors (Lipinski definition) is 1. The highest BCUT2D eigenvalue weighted by molar-refractivity contribution is 9.10. The van der Waals surface area contributed by atoms with Crippen LogP contribution in [0.5, 0.6) is 0 Å². The van der Waals surface area contributed by atoms with Gasteiger partial charge in [0.2, 0.25) is 0 Å². The van der Waals surface area contributed by atoms with Crippen LogP contribution in [-0.2, 0) is 0 Å². The molecule has 1 heterocycles. The van der Waals surface area contributed by atoms with Crippen LogP contribution < -0.4 is 5.32 Å². The Hall–Kier alpha value is -1.64. The molecule has 0 aliphatic carbocycles. The van der Waals surface area contributed by atoms with E-state index in [4.69, 9.17) is 16.9 Å². The predicted molar refractivity (Wildman–Crippen MR) is 71.3 cm³/mol. The summed E-state index contributed by atoms with van der Waals surface area (Å²) in [6, 6.07) is 9.18. The van der Waals surface area contributed by atoms with Crippen LogP contribution in [0.25, 0.3) is 0 Å². The SMILES string of the molecule is N#Cc1cc(Cl)nc(Nc2cc(F)ccc2Br)c1. The summed E-state index contributed by atoms with van der Waals surface area (Å²) in [5, 5.41) is 11.9. The van der Waals surface area contributed by atoms with Crippen molar-refractivity contribution in [3.05, 3.63) is 51.3 Å². The third kappa shape index (κ3) is 2.97. The second-order valence-electron chi connectivity index (χ2n) is 3.42. The van der Waals surface area contributed by atoms with Crippen LogP contribution >= 0.6 is 27.5 Å². The van der Waals surface area contributed by atoms with Crippen LogP contribution in [0.3, 0.4) is 0 Å². The molecule has 0 atom stereocenters. The van der Waals surface area contributed by atoms with Crippen LogP contribution in [0, 0.1) is 17.1 Å². The fourth-order valence-corrected chi connectivity index (χ4v) is 1.91. The Morgan fingerprint density at radius 3 is 2.83 bits per heavy atom. The van der Waals surface area contributed by atoms with E-state index in [1.54, 1.807) is 6.07 Å². The molecule has 0 spiro atoms. The van der Waals surface area contributed by atoms with Crippen LogP contribution in [0.15, 0.2) is 34.8 Å². The van der Waals surface area contributed by atoms with Crippen molar-refractivity contribution in [3.63, 3.8) is 0 Å². The summed E-state index contributed by atoms with van der Waals surface area (Å²) in [5.74, 6) is 0.00795. The zero-order valence-electron chi connectivity index (χ0n) is 8.92. The lowest BCUT2D eigenvalue weighted by molar-refractivity contribution is 0.628. The maximum absolute atomic E-state index is 13.1. The molecule has 0 bridgehead atoms. The molecule has 2 rings (SSSR count). The quantitative estimate of drug-likeness (QED) is 0.839. The van der Waals surface area contributed by atoms with E-state index < -0.39 is 0 Å². The van der Waals surface area contributed by atoms with Gasteiger partial charge in [0.1, 0.15) is 16.8 Å². The van der Waals surface area contributed by atoms with Crippen molar-refractivity contribution in [2.45, 2.75) is 0 Å². The van der Waals surface area contributed by atoms with Gasteiger partial charge in [-0.3, -0.25) is 0 Å². The lowest BCUT2D eigenvalue weighted by atomic mass is 10.2. The molecular formula is C12H6BrClFN3. The fraction of sp³-hybridized carbons (Fsp3) is 0. The molecule has 0 aliphatic rings. The number of nitrogens with one attached hydrogen (secondary N) is 1. The van der Waals surface area contributed by atoms with Crippen molar-refractivity contribution in [2.75, 3.05) is 5.32 Å². The van der Waals surface area contributed by atoms with Crippen molar-refractivity contribution < 1.29 is 4.39 Å². The van der Waals surface area contributed by atoms with Crippen molar-refractivity contribution in [2.24, 2.45) is 0 Å². The lowest BCUT2D eigenvalue weighted by Crippen LogP contribution is -1.96.